The Balaban J connectivity index is 1.54. The summed E-state index contributed by atoms with van der Waals surface area (Å²) >= 11 is 1.67. The van der Waals surface area contributed by atoms with Gasteiger partial charge in [-0.15, -0.1) is 11.3 Å². The molecule has 2 aromatic heterocycles. The summed E-state index contributed by atoms with van der Waals surface area (Å²) in [6.45, 7) is 3.78. The lowest BCUT2D eigenvalue weighted by molar-refractivity contribution is 0.155. The van der Waals surface area contributed by atoms with Crippen molar-refractivity contribution in [3.63, 3.8) is 0 Å². The molecule has 3 aromatic rings. The fourth-order valence-corrected chi connectivity index (χ4v) is 4.37. The molecule has 1 saturated heterocycles. The zero-order valence-electron chi connectivity index (χ0n) is 13.9. The molecule has 3 nitrogen and oxygen atoms in total. The summed E-state index contributed by atoms with van der Waals surface area (Å²) in [6.07, 6.45) is 3.76. The quantitative estimate of drug-likeness (QED) is 0.765. The van der Waals surface area contributed by atoms with Crippen LogP contribution in [0.25, 0.3) is 10.4 Å². The maximum atomic E-state index is 14.0. The minimum absolute atomic E-state index is 0.161. The Kier molecular flexibility index (Phi) is 4.88. The number of hydrogen-bond donors (Lipinski definition) is 1. The first-order chi connectivity index (χ1) is 12.3. The highest BCUT2D eigenvalue weighted by atomic mass is 32.1. The number of benzene rings is 1. The van der Waals surface area contributed by atoms with Crippen LogP contribution in [0.5, 0.6) is 0 Å². The topological polar surface area (TPSA) is 28.2 Å². The second-order valence-electron chi connectivity index (χ2n) is 6.22. The van der Waals surface area contributed by atoms with Crippen LogP contribution in [-0.4, -0.2) is 29.5 Å². The first-order valence-electron chi connectivity index (χ1n) is 8.49. The first-order valence-corrected chi connectivity index (χ1v) is 9.31. The van der Waals surface area contributed by atoms with Gasteiger partial charge in [0.2, 0.25) is 0 Å². The van der Waals surface area contributed by atoms with Crippen LogP contribution in [0.3, 0.4) is 0 Å². The van der Waals surface area contributed by atoms with Gasteiger partial charge in [0.05, 0.1) is 0 Å². The summed E-state index contributed by atoms with van der Waals surface area (Å²) in [6, 6.07) is 15.6. The lowest BCUT2D eigenvalue weighted by Gasteiger charge is -2.36. The molecule has 4 rings (SSSR count). The molecule has 5 heteroatoms. The number of pyridine rings is 1. The Morgan fingerprint density at radius 2 is 2.08 bits per heavy atom. The highest BCUT2D eigenvalue weighted by molar-refractivity contribution is 7.15. The van der Waals surface area contributed by atoms with Crippen molar-refractivity contribution in [3.05, 3.63) is 77.2 Å². The second-order valence-corrected chi connectivity index (χ2v) is 7.39. The highest BCUT2D eigenvalue weighted by Gasteiger charge is 2.24. The third-order valence-corrected chi connectivity index (χ3v) is 5.69. The number of piperazine rings is 1. The summed E-state index contributed by atoms with van der Waals surface area (Å²) in [4.78, 5) is 8.98. The third-order valence-electron chi connectivity index (χ3n) is 4.58. The van der Waals surface area contributed by atoms with Crippen molar-refractivity contribution in [3.8, 4) is 10.4 Å². The average Bonchev–Trinajstić information content (AvgIpc) is 3.11. The summed E-state index contributed by atoms with van der Waals surface area (Å²) in [5.74, 6) is -0.161. The zero-order valence-corrected chi connectivity index (χ0v) is 14.7. The molecule has 0 bridgehead atoms. The molecule has 128 valence electrons. The molecule has 1 fully saturated rings. The molecular formula is C20H20FN3S. The van der Waals surface area contributed by atoms with Gasteiger partial charge in [0.1, 0.15) is 5.82 Å². The molecule has 1 unspecified atom stereocenters. The van der Waals surface area contributed by atoms with Crippen molar-refractivity contribution in [2.45, 2.75) is 12.6 Å². The fourth-order valence-electron chi connectivity index (χ4n) is 3.31. The van der Waals surface area contributed by atoms with Gasteiger partial charge in [-0.3, -0.25) is 9.88 Å². The van der Waals surface area contributed by atoms with E-state index in [1.165, 1.54) is 16.5 Å². The van der Waals surface area contributed by atoms with E-state index < -0.39 is 0 Å². The Labute approximate surface area is 151 Å². The monoisotopic (exact) mass is 353 g/mol. The van der Waals surface area contributed by atoms with Crippen LogP contribution < -0.4 is 5.32 Å². The van der Waals surface area contributed by atoms with E-state index >= 15 is 0 Å². The Morgan fingerprint density at radius 1 is 1.16 bits per heavy atom. The van der Waals surface area contributed by atoms with Crippen molar-refractivity contribution >= 4 is 11.3 Å². The van der Waals surface area contributed by atoms with Crippen LogP contribution in [-0.2, 0) is 6.54 Å². The van der Waals surface area contributed by atoms with Crippen LogP contribution in [0.2, 0.25) is 0 Å². The normalized spacial score (nSPS) is 18.4. The molecule has 1 aromatic carbocycles. The predicted octanol–water partition coefficient (Wildman–Crippen LogP) is 4.10. The van der Waals surface area contributed by atoms with E-state index in [0.717, 1.165) is 31.1 Å². The van der Waals surface area contributed by atoms with E-state index in [1.54, 1.807) is 17.4 Å². The minimum Gasteiger partial charge on any atom is -0.314 e. The fraction of sp³-hybridized carbons (Fsp3) is 0.250. The van der Waals surface area contributed by atoms with Gasteiger partial charge in [-0.05, 0) is 29.8 Å². The van der Waals surface area contributed by atoms with E-state index in [9.17, 15) is 4.39 Å². The van der Waals surface area contributed by atoms with Crippen molar-refractivity contribution in [1.82, 2.24) is 15.2 Å². The number of halogens is 1. The molecule has 3 heterocycles. The molecule has 1 N–H and O–H groups in total. The molecule has 25 heavy (non-hydrogen) atoms. The molecule has 0 aliphatic carbocycles. The van der Waals surface area contributed by atoms with Crippen LogP contribution >= 0.6 is 11.3 Å². The lowest BCUT2D eigenvalue weighted by atomic mass is 10.1. The number of rotatable bonds is 4. The van der Waals surface area contributed by atoms with Gasteiger partial charge in [0, 0.05) is 59.9 Å². The summed E-state index contributed by atoms with van der Waals surface area (Å²) in [5.41, 5.74) is 1.92. The van der Waals surface area contributed by atoms with E-state index in [0.29, 0.717) is 11.6 Å². The van der Waals surface area contributed by atoms with Crippen molar-refractivity contribution in [1.29, 1.82) is 0 Å². The van der Waals surface area contributed by atoms with E-state index in [-0.39, 0.29) is 5.82 Å². The maximum absolute atomic E-state index is 14.0. The number of hydrogen-bond acceptors (Lipinski definition) is 4. The number of nitrogens with zero attached hydrogens (tertiary/aromatic N) is 2. The van der Waals surface area contributed by atoms with E-state index in [2.05, 4.69) is 27.3 Å². The Morgan fingerprint density at radius 3 is 2.92 bits per heavy atom. The van der Waals surface area contributed by atoms with E-state index in [4.69, 9.17) is 0 Å². The second kappa shape index (κ2) is 7.44. The van der Waals surface area contributed by atoms with Gasteiger partial charge >= 0.3 is 0 Å². The predicted molar refractivity (Wildman–Crippen MR) is 100.0 cm³/mol. The van der Waals surface area contributed by atoms with E-state index in [1.807, 2.05) is 36.7 Å². The highest BCUT2D eigenvalue weighted by Crippen LogP contribution is 2.32. The minimum atomic E-state index is -0.161. The van der Waals surface area contributed by atoms with Gasteiger partial charge in [-0.25, -0.2) is 4.39 Å². The SMILES string of the molecule is Fc1ccccc1-c1ccc(CN2CCNCC2c2cccnc2)s1. The molecule has 1 atom stereocenters. The Hall–Kier alpha value is -2.08. The summed E-state index contributed by atoms with van der Waals surface area (Å²) in [5, 5.41) is 3.47. The zero-order chi connectivity index (χ0) is 17.1. The lowest BCUT2D eigenvalue weighted by Crippen LogP contribution is -2.45. The molecule has 1 aliphatic rings. The summed E-state index contributed by atoms with van der Waals surface area (Å²) < 4.78 is 14.0. The van der Waals surface area contributed by atoms with Gasteiger partial charge in [0.25, 0.3) is 0 Å². The van der Waals surface area contributed by atoms with Gasteiger partial charge < -0.3 is 5.32 Å². The number of nitrogens with one attached hydrogen (secondary N) is 1. The first kappa shape index (κ1) is 16.4. The van der Waals surface area contributed by atoms with Crippen molar-refractivity contribution < 1.29 is 4.39 Å². The van der Waals surface area contributed by atoms with Crippen LogP contribution in [0.15, 0.2) is 60.9 Å². The summed E-state index contributed by atoms with van der Waals surface area (Å²) in [7, 11) is 0. The molecule has 0 spiro atoms. The van der Waals surface area contributed by atoms with Gasteiger partial charge in [-0.1, -0.05) is 24.3 Å². The molecule has 0 radical (unpaired) electrons. The standard InChI is InChI=1S/C20H20FN3S/c21-18-6-2-1-5-17(18)20-8-7-16(25-20)14-24-11-10-23-13-19(24)15-4-3-9-22-12-15/h1-9,12,19,23H,10-11,13-14H2. The van der Waals surface area contributed by atoms with Gasteiger partial charge in [-0.2, -0.15) is 0 Å². The molecular weight excluding hydrogens is 333 g/mol. The third kappa shape index (κ3) is 3.63. The smallest absolute Gasteiger partial charge is 0.131 e. The van der Waals surface area contributed by atoms with Crippen molar-refractivity contribution in [2.24, 2.45) is 0 Å². The molecule has 0 amide bonds. The van der Waals surface area contributed by atoms with Crippen LogP contribution in [0.1, 0.15) is 16.5 Å². The maximum Gasteiger partial charge on any atom is 0.131 e. The number of thiophene rings is 1. The molecule has 0 saturated carbocycles. The average molecular weight is 353 g/mol. The number of aromatic nitrogens is 1. The van der Waals surface area contributed by atoms with Crippen molar-refractivity contribution in [2.75, 3.05) is 19.6 Å². The molecule has 1 aliphatic heterocycles. The largest absolute Gasteiger partial charge is 0.314 e. The van der Waals surface area contributed by atoms with Gasteiger partial charge in [0.15, 0.2) is 0 Å². The van der Waals surface area contributed by atoms with Crippen LogP contribution in [0.4, 0.5) is 4.39 Å². The van der Waals surface area contributed by atoms with Crippen LogP contribution in [0, 0.1) is 5.82 Å². The Bertz CT molecular complexity index is 834.